The first-order valence-corrected chi connectivity index (χ1v) is 11.3. The van der Waals surface area contributed by atoms with E-state index in [1.807, 2.05) is 35.2 Å². The molecule has 1 fully saturated rings. The molecule has 0 bridgehead atoms. The number of fused-ring (bicyclic) bond motifs is 1. The maximum absolute atomic E-state index is 13.1. The number of hydrogen-bond donors (Lipinski definition) is 1. The van der Waals surface area contributed by atoms with Crippen LogP contribution in [0.2, 0.25) is 0 Å². The van der Waals surface area contributed by atoms with Gasteiger partial charge in [-0.2, -0.15) is 0 Å². The molecule has 5 heteroatoms. The van der Waals surface area contributed by atoms with Crippen molar-refractivity contribution in [1.82, 2.24) is 4.90 Å². The molecule has 166 valence electrons. The molecule has 0 aromatic heterocycles. The molecule has 31 heavy (non-hydrogen) atoms. The van der Waals surface area contributed by atoms with Gasteiger partial charge in [0.2, 0.25) is 5.91 Å². The fourth-order valence-electron chi connectivity index (χ4n) is 4.52. The first-order chi connectivity index (χ1) is 14.8. The number of hydrogen-bond acceptors (Lipinski definition) is 4. The summed E-state index contributed by atoms with van der Waals surface area (Å²) in [6.07, 6.45) is 1.99. The number of benzene rings is 2. The van der Waals surface area contributed by atoms with Crippen LogP contribution in [0.4, 0.5) is 0 Å². The Labute approximate surface area is 185 Å². The van der Waals surface area contributed by atoms with Gasteiger partial charge in [0, 0.05) is 18.5 Å². The number of amides is 1. The fourth-order valence-corrected chi connectivity index (χ4v) is 4.52. The van der Waals surface area contributed by atoms with E-state index in [0.717, 1.165) is 42.0 Å². The first-order valence-electron chi connectivity index (χ1n) is 11.3. The number of aliphatic hydroxyl groups is 1. The number of carbonyl (C=O) groups excluding carboxylic acids is 1. The minimum Gasteiger partial charge on any atom is -0.486 e. The van der Waals surface area contributed by atoms with Crippen molar-refractivity contribution in [3.05, 3.63) is 59.2 Å². The Morgan fingerprint density at radius 3 is 2.61 bits per heavy atom. The van der Waals surface area contributed by atoms with Crippen LogP contribution in [0.5, 0.6) is 11.5 Å². The standard InChI is InChI=1S/C26H33NO4/c1-26(2,3)19-11-9-18(10-12-19)22(28)13-14-24(29)27-15-5-7-21(27)20-6-4-8-23-25(20)31-17-16-30-23/h4,6,8-12,21-22,28H,5,7,13-17H2,1-3H3. The maximum Gasteiger partial charge on any atom is 0.223 e. The van der Waals surface area contributed by atoms with Gasteiger partial charge in [0.1, 0.15) is 13.2 Å². The topological polar surface area (TPSA) is 59.0 Å². The molecule has 1 saturated heterocycles. The minimum absolute atomic E-state index is 0.00682. The van der Waals surface area contributed by atoms with Crippen LogP contribution >= 0.6 is 0 Å². The Hall–Kier alpha value is -2.53. The summed E-state index contributed by atoms with van der Waals surface area (Å²) in [6.45, 7) is 8.34. The molecule has 1 amide bonds. The largest absolute Gasteiger partial charge is 0.486 e. The molecule has 4 rings (SSSR count). The Morgan fingerprint density at radius 2 is 1.87 bits per heavy atom. The molecule has 2 unspecified atom stereocenters. The maximum atomic E-state index is 13.1. The first kappa shape index (κ1) is 21.7. The average Bonchev–Trinajstić information content (AvgIpc) is 3.26. The Kier molecular flexibility index (Phi) is 6.24. The smallest absolute Gasteiger partial charge is 0.223 e. The van der Waals surface area contributed by atoms with Crippen molar-refractivity contribution in [1.29, 1.82) is 0 Å². The molecule has 2 aromatic carbocycles. The lowest BCUT2D eigenvalue weighted by Gasteiger charge is -2.29. The molecule has 0 saturated carbocycles. The highest BCUT2D eigenvalue weighted by molar-refractivity contribution is 5.77. The minimum atomic E-state index is -0.639. The van der Waals surface area contributed by atoms with E-state index < -0.39 is 6.10 Å². The van der Waals surface area contributed by atoms with E-state index in [4.69, 9.17) is 9.47 Å². The molecule has 2 heterocycles. The molecular weight excluding hydrogens is 390 g/mol. The van der Waals surface area contributed by atoms with Crippen molar-refractivity contribution in [2.24, 2.45) is 0 Å². The van der Waals surface area contributed by atoms with Gasteiger partial charge < -0.3 is 19.5 Å². The van der Waals surface area contributed by atoms with Gasteiger partial charge in [0.15, 0.2) is 11.5 Å². The van der Waals surface area contributed by atoms with Gasteiger partial charge in [0.25, 0.3) is 0 Å². The van der Waals surface area contributed by atoms with Crippen LogP contribution < -0.4 is 9.47 Å². The quantitative estimate of drug-likeness (QED) is 0.741. The van der Waals surface area contributed by atoms with E-state index in [2.05, 4.69) is 32.9 Å². The molecule has 0 radical (unpaired) electrons. The number of aliphatic hydroxyl groups excluding tert-OH is 1. The van der Waals surface area contributed by atoms with Crippen LogP contribution in [0.15, 0.2) is 42.5 Å². The van der Waals surface area contributed by atoms with Gasteiger partial charge in [-0.1, -0.05) is 57.2 Å². The third-order valence-corrected chi connectivity index (χ3v) is 6.32. The highest BCUT2D eigenvalue weighted by Crippen LogP contribution is 2.43. The highest BCUT2D eigenvalue weighted by atomic mass is 16.6. The predicted molar refractivity (Wildman–Crippen MR) is 120 cm³/mol. The third-order valence-electron chi connectivity index (χ3n) is 6.32. The van der Waals surface area contributed by atoms with Crippen LogP contribution in [0.1, 0.15) is 75.3 Å². The van der Waals surface area contributed by atoms with Crippen molar-refractivity contribution >= 4 is 5.91 Å². The second kappa shape index (κ2) is 8.91. The van der Waals surface area contributed by atoms with Crippen molar-refractivity contribution in [2.45, 2.75) is 64.0 Å². The van der Waals surface area contributed by atoms with E-state index in [1.54, 1.807) is 0 Å². The molecular formula is C26H33NO4. The summed E-state index contributed by atoms with van der Waals surface area (Å²) >= 11 is 0. The van der Waals surface area contributed by atoms with Crippen LogP contribution in [-0.4, -0.2) is 35.7 Å². The van der Waals surface area contributed by atoms with Crippen molar-refractivity contribution in [3.63, 3.8) is 0 Å². The van der Waals surface area contributed by atoms with Crippen LogP contribution in [-0.2, 0) is 10.2 Å². The lowest BCUT2D eigenvalue weighted by atomic mass is 9.86. The van der Waals surface area contributed by atoms with Gasteiger partial charge in [-0.25, -0.2) is 0 Å². The number of rotatable bonds is 5. The lowest BCUT2D eigenvalue weighted by Crippen LogP contribution is -2.31. The molecule has 0 aliphatic carbocycles. The summed E-state index contributed by atoms with van der Waals surface area (Å²) in [5, 5.41) is 10.6. The number of likely N-dealkylation sites (tertiary alicyclic amines) is 1. The van der Waals surface area contributed by atoms with E-state index in [9.17, 15) is 9.90 Å². The molecule has 0 spiro atoms. The van der Waals surface area contributed by atoms with Crippen LogP contribution in [0.25, 0.3) is 0 Å². The summed E-state index contributed by atoms with van der Waals surface area (Å²) in [7, 11) is 0. The Morgan fingerprint density at radius 1 is 1.13 bits per heavy atom. The second-order valence-corrected chi connectivity index (χ2v) is 9.54. The van der Waals surface area contributed by atoms with Gasteiger partial charge in [-0.15, -0.1) is 0 Å². The van der Waals surface area contributed by atoms with Crippen LogP contribution in [0, 0.1) is 0 Å². The van der Waals surface area contributed by atoms with Crippen molar-refractivity contribution in [2.75, 3.05) is 19.8 Å². The van der Waals surface area contributed by atoms with Gasteiger partial charge in [0.05, 0.1) is 12.1 Å². The zero-order valence-electron chi connectivity index (χ0n) is 18.8. The Balaban J connectivity index is 1.40. The van der Waals surface area contributed by atoms with Gasteiger partial charge in [-0.05, 0) is 41.9 Å². The van der Waals surface area contributed by atoms with Crippen molar-refractivity contribution < 1.29 is 19.4 Å². The lowest BCUT2D eigenvalue weighted by molar-refractivity contribution is -0.132. The zero-order chi connectivity index (χ0) is 22.0. The number of para-hydroxylation sites is 1. The Bertz CT molecular complexity index is 916. The monoisotopic (exact) mass is 423 g/mol. The molecule has 2 atom stereocenters. The third kappa shape index (κ3) is 4.72. The summed E-state index contributed by atoms with van der Waals surface area (Å²) in [4.78, 5) is 15.0. The normalized spacial score (nSPS) is 19.4. The molecule has 5 nitrogen and oxygen atoms in total. The van der Waals surface area contributed by atoms with E-state index in [0.29, 0.717) is 26.1 Å². The van der Waals surface area contributed by atoms with E-state index in [1.165, 1.54) is 5.56 Å². The number of nitrogens with zero attached hydrogens (tertiary/aromatic N) is 1. The summed E-state index contributed by atoms with van der Waals surface area (Å²) in [5.74, 6) is 1.62. The number of carbonyl (C=O) groups is 1. The summed E-state index contributed by atoms with van der Waals surface area (Å²) in [5.41, 5.74) is 3.20. The molecule has 1 N–H and O–H groups in total. The number of ether oxygens (including phenoxy) is 2. The van der Waals surface area contributed by atoms with Gasteiger partial charge in [-0.3, -0.25) is 4.79 Å². The summed E-state index contributed by atoms with van der Waals surface area (Å²) in [6, 6.07) is 14.0. The predicted octanol–water partition coefficient (Wildman–Crippen LogP) is 4.93. The molecule has 2 aliphatic rings. The average molecular weight is 424 g/mol. The zero-order valence-corrected chi connectivity index (χ0v) is 18.8. The molecule has 2 aliphatic heterocycles. The molecule has 2 aromatic rings. The SMILES string of the molecule is CC(C)(C)c1ccc(C(O)CCC(=O)N2CCCC2c2cccc3c2OCCO3)cc1. The highest BCUT2D eigenvalue weighted by Gasteiger charge is 2.33. The fraction of sp³-hybridized carbons (Fsp3) is 0.500. The summed E-state index contributed by atoms with van der Waals surface area (Å²) < 4.78 is 11.6. The van der Waals surface area contributed by atoms with Gasteiger partial charge >= 0.3 is 0 Å². The van der Waals surface area contributed by atoms with E-state index in [-0.39, 0.29) is 17.4 Å². The second-order valence-electron chi connectivity index (χ2n) is 9.54. The van der Waals surface area contributed by atoms with Crippen LogP contribution in [0.3, 0.4) is 0 Å². The van der Waals surface area contributed by atoms with E-state index >= 15 is 0 Å². The van der Waals surface area contributed by atoms with Crippen molar-refractivity contribution in [3.8, 4) is 11.5 Å².